The first-order valence-electron chi connectivity index (χ1n) is 5.35. The molecule has 82 valence electrons. The fraction of sp³-hybridized carbons (Fsp3) is 0.500. The van der Waals surface area contributed by atoms with E-state index in [9.17, 15) is 4.39 Å². The monoisotopic (exact) mass is 209 g/mol. The molecule has 2 rings (SSSR count). The van der Waals surface area contributed by atoms with Gasteiger partial charge < -0.3 is 9.64 Å². The first kappa shape index (κ1) is 10.4. The van der Waals surface area contributed by atoms with E-state index < -0.39 is 0 Å². The highest BCUT2D eigenvalue weighted by atomic mass is 19.1. The predicted octanol–water partition coefficient (Wildman–Crippen LogP) is 2.30. The minimum atomic E-state index is -0.279. The van der Waals surface area contributed by atoms with Crippen LogP contribution in [-0.4, -0.2) is 31.1 Å². The minimum Gasteiger partial charge on any atom is -0.489 e. The van der Waals surface area contributed by atoms with E-state index in [1.165, 1.54) is 12.5 Å². The van der Waals surface area contributed by atoms with E-state index in [1.807, 2.05) is 0 Å². The minimum absolute atomic E-state index is 0.279. The van der Waals surface area contributed by atoms with E-state index in [4.69, 9.17) is 4.74 Å². The van der Waals surface area contributed by atoms with Crippen molar-refractivity contribution < 1.29 is 9.13 Å². The van der Waals surface area contributed by atoms with Crippen molar-refractivity contribution >= 4 is 0 Å². The molecule has 0 spiro atoms. The lowest BCUT2D eigenvalue weighted by Gasteiger charge is -2.19. The van der Waals surface area contributed by atoms with E-state index in [0.717, 1.165) is 13.0 Å². The molecule has 1 aliphatic heterocycles. The number of likely N-dealkylation sites (tertiary alicyclic amines) is 1. The maximum Gasteiger partial charge on any atom is 0.165 e. The third-order valence-corrected chi connectivity index (χ3v) is 2.94. The van der Waals surface area contributed by atoms with Gasteiger partial charge in [0, 0.05) is 6.04 Å². The number of nitrogens with zero attached hydrogens (tertiary/aromatic N) is 1. The van der Waals surface area contributed by atoms with Crippen molar-refractivity contribution in [3.8, 4) is 5.75 Å². The average Bonchev–Trinajstić information content (AvgIpc) is 2.63. The van der Waals surface area contributed by atoms with Gasteiger partial charge in [0.2, 0.25) is 0 Å². The molecule has 2 nitrogen and oxygen atoms in total. The molecular weight excluding hydrogens is 193 g/mol. The van der Waals surface area contributed by atoms with E-state index >= 15 is 0 Å². The number of halogens is 1. The number of benzene rings is 1. The fourth-order valence-corrected chi connectivity index (χ4v) is 1.94. The highest BCUT2D eigenvalue weighted by Gasteiger charge is 2.21. The van der Waals surface area contributed by atoms with Crippen molar-refractivity contribution in [3.05, 3.63) is 30.1 Å². The van der Waals surface area contributed by atoms with Crippen LogP contribution in [0.1, 0.15) is 12.8 Å². The number of likely N-dealkylation sites (N-methyl/N-ethyl adjacent to an activating group) is 1. The van der Waals surface area contributed by atoms with Crippen LogP contribution in [0.2, 0.25) is 0 Å². The van der Waals surface area contributed by atoms with Crippen LogP contribution >= 0.6 is 0 Å². The Labute approximate surface area is 89.7 Å². The van der Waals surface area contributed by atoms with Gasteiger partial charge in [-0.05, 0) is 38.6 Å². The Morgan fingerprint density at radius 1 is 1.47 bits per heavy atom. The Kier molecular flexibility index (Phi) is 3.21. The van der Waals surface area contributed by atoms with E-state index in [2.05, 4.69) is 11.9 Å². The largest absolute Gasteiger partial charge is 0.489 e. The molecule has 15 heavy (non-hydrogen) atoms. The van der Waals surface area contributed by atoms with Gasteiger partial charge in [0.25, 0.3) is 0 Å². The maximum atomic E-state index is 13.2. The van der Waals surface area contributed by atoms with Crippen LogP contribution in [0.25, 0.3) is 0 Å². The fourth-order valence-electron chi connectivity index (χ4n) is 1.94. The topological polar surface area (TPSA) is 12.5 Å². The van der Waals surface area contributed by atoms with Crippen molar-refractivity contribution in [3.63, 3.8) is 0 Å². The van der Waals surface area contributed by atoms with Gasteiger partial charge in [-0.25, -0.2) is 4.39 Å². The summed E-state index contributed by atoms with van der Waals surface area (Å²) >= 11 is 0. The zero-order valence-corrected chi connectivity index (χ0v) is 8.95. The van der Waals surface area contributed by atoms with Crippen LogP contribution < -0.4 is 4.74 Å². The number of rotatable bonds is 3. The molecule has 1 heterocycles. The van der Waals surface area contributed by atoms with Crippen LogP contribution in [-0.2, 0) is 0 Å². The van der Waals surface area contributed by atoms with Gasteiger partial charge in [0.1, 0.15) is 6.61 Å². The SMILES string of the molecule is CN1CCC[C@H]1COc1ccccc1F. The maximum absolute atomic E-state index is 13.2. The molecule has 1 aliphatic rings. The Balaban J connectivity index is 1.90. The van der Waals surface area contributed by atoms with Crippen LogP contribution in [0, 0.1) is 5.82 Å². The van der Waals surface area contributed by atoms with E-state index in [-0.39, 0.29) is 5.82 Å². The lowest BCUT2D eigenvalue weighted by molar-refractivity contribution is 0.193. The Morgan fingerprint density at radius 3 is 2.93 bits per heavy atom. The number of hydrogen-bond acceptors (Lipinski definition) is 2. The summed E-state index contributed by atoms with van der Waals surface area (Å²) < 4.78 is 18.7. The van der Waals surface area contributed by atoms with E-state index in [0.29, 0.717) is 18.4 Å². The average molecular weight is 209 g/mol. The highest BCUT2D eigenvalue weighted by Crippen LogP contribution is 2.19. The summed E-state index contributed by atoms with van der Waals surface area (Å²) in [7, 11) is 2.09. The second-order valence-corrected chi connectivity index (χ2v) is 4.02. The van der Waals surface area contributed by atoms with Crippen molar-refractivity contribution in [1.82, 2.24) is 4.90 Å². The standard InChI is InChI=1S/C12H16FNO/c1-14-8-4-5-10(14)9-15-12-7-3-2-6-11(12)13/h2-3,6-7,10H,4-5,8-9H2,1H3/t10-/m0/s1. The Morgan fingerprint density at radius 2 is 2.27 bits per heavy atom. The predicted molar refractivity (Wildman–Crippen MR) is 57.5 cm³/mol. The second-order valence-electron chi connectivity index (χ2n) is 4.02. The molecule has 0 aromatic heterocycles. The normalized spacial score (nSPS) is 21.9. The molecule has 1 aromatic carbocycles. The number of ether oxygens (including phenoxy) is 1. The van der Waals surface area contributed by atoms with E-state index in [1.54, 1.807) is 18.2 Å². The van der Waals surface area contributed by atoms with Crippen molar-refractivity contribution in [2.45, 2.75) is 18.9 Å². The third-order valence-electron chi connectivity index (χ3n) is 2.94. The molecule has 1 saturated heterocycles. The number of para-hydroxylation sites is 1. The van der Waals surface area contributed by atoms with Gasteiger partial charge >= 0.3 is 0 Å². The first-order chi connectivity index (χ1) is 7.27. The molecular formula is C12H16FNO. The van der Waals surface area contributed by atoms with Crippen LogP contribution in [0.15, 0.2) is 24.3 Å². The lowest BCUT2D eigenvalue weighted by atomic mass is 10.2. The summed E-state index contributed by atoms with van der Waals surface area (Å²) in [5.41, 5.74) is 0. The second kappa shape index (κ2) is 4.62. The van der Waals surface area contributed by atoms with Gasteiger partial charge in [0.05, 0.1) is 0 Å². The van der Waals surface area contributed by atoms with Gasteiger partial charge in [0.15, 0.2) is 11.6 Å². The molecule has 0 N–H and O–H groups in total. The molecule has 3 heteroatoms. The molecule has 1 fully saturated rings. The summed E-state index contributed by atoms with van der Waals surface area (Å²) in [6.07, 6.45) is 2.35. The first-order valence-corrected chi connectivity index (χ1v) is 5.35. The Bertz CT molecular complexity index is 329. The Hall–Kier alpha value is -1.09. The summed E-state index contributed by atoms with van der Waals surface area (Å²) in [4.78, 5) is 2.26. The lowest BCUT2D eigenvalue weighted by Crippen LogP contribution is -2.30. The summed E-state index contributed by atoms with van der Waals surface area (Å²) in [6, 6.07) is 6.99. The highest BCUT2D eigenvalue weighted by molar-refractivity contribution is 5.23. The number of hydrogen-bond donors (Lipinski definition) is 0. The zero-order chi connectivity index (χ0) is 10.7. The summed E-state index contributed by atoms with van der Waals surface area (Å²) in [5, 5.41) is 0. The van der Waals surface area contributed by atoms with Crippen molar-refractivity contribution in [2.75, 3.05) is 20.2 Å². The molecule has 0 unspecified atom stereocenters. The summed E-state index contributed by atoms with van der Waals surface area (Å²) in [5.74, 6) is 0.0796. The third kappa shape index (κ3) is 2.48. The molecule has 0 radical (unpaired) electrons. The van der Waals surface area contributed by atoms with Gasteiger partial charge in [-0.1, -0.05) is 12.1 Å². The molecule has 0 saturated carbocycles. The summed E-state index contributed by atoms with van der Waals surface area (Å²) in [6.45, 7) is 1.70. The van der Waals surface area contributed by atoms with Gasteiger partial charge in [-0.2, -0.15) is 0 Å². The van der Waals surface area contributed by atoms with Crippen LogP contribution in [0.3, 0.4) is 0 Å². The van der Waals surface area contributed by atoms with Crippen molar-refractivity contribution in [2.24, 2.45) is 0 Å². The van der Waals surface area contributed by atoms with Gasteiger partial charge in [-0.15, -0.1) is 0 Å². The smallest absolute Gasteiger partial charge is 0.165 e. The molecule has 0 aliphatic carbocycles. The molecule has 0 amide bonds. The zero-order valence-electron chi connectivity index (χ0n) is 8.95. The molecule has 1 atom stereocenters. The van der Waals surface area contributed by atoms with Crippen molar-refractivity contribution in [1.29, 1.82) is 0 Å². The van der Waals surface area contributed by atoms with Crippen LogP contribution in [0.4, 0.5) is 4.39 Å². The quantitative estimate of drug-likeness (QED) is 0.757. The van der Waals surface area contributed by atoms with Gasteiger partial charge in [-0.3, -0.25) is 0 Å². The molecule has 0 bridgehead atoms. The van der Waals surface area contributed by atoms with Crippen LogP contribution in [0.5, 0.6) is 5.75 Å². The molecule has 1 aromatic rings.